The van der Waals surface area contributed by atoms with Crippen molar-refractivity contribution in [3.63, 3.8) is 0 Å². The maximum atomic E-state index is 12.9. The topological polar surface area (TPSA) is 106 Å². The highest BCUT2D eigenvalue weighted by molar-refractivity contribution is 8.14. The molecule has 3 heterocycles. The molecule has 0 saturated carbocycles. The van der Waals surface area contributed by atoms with Gasteiger partial charge in [-0.1, -0.05) is 18.7 Å². The molecule has 1 aliphatic carbocycles. The van der Waals surface area contributed by atoms with Crippen LogP contribution in [0, 0.1) is 12.8 Å². The molecule has 0 spiro atoms. The van der Waals surface area contributed by atoms with Gasteiger partial charge in [0, 0.05) is 30.2 Å². The van der Waals surface area contributed by atoms with E-state index >= 15 is 0 Å². The third kappa shape index (κ3) is 5.41. The Balaban J connectivity index is 1.49. The molecule has 0 fully saturated rings. The lowest BCUT2D eigenvalue weighted by Crippen LogP contribution is -2.31. The third-order valence-corrected chi connectivity index (χ3v) is 8.29. The molecule has 2 aromatic rings. The number of thiophene rings is 1. The second-order valence-electron chi connectivity index (χ2n) is 8.93. The molecular formula is C25H31N5O4S2. The normalized spacial score (nSPS) is 18.4. The van der Waals surface area contributed by atoms with Crippen molar-refractivity contribution in [1.29, 1.82) is 0 Å². The van der Waals surface area contributed by atoms with Gasteiger partial charge in [-0.2, -0.15) is 5.10 Å². The Morgan fingerprint density at radius 3 is 2.81 bits per heavy atom. The molecule has 0 aromatic carbocycles. The Labute approximate surface area is 219 Å². The lowest BCUT2D eigenvalue weighted by molar-refractivity contribution is -0.122. The average molecular weight is 530 g/mol. The van der Waals surface area contributed by atoms with Crippen molar-refractivity contribution in [1.82, 2.24) is 14.7 Å². The summed E-state index contributed by atoms with van der Waals surface area (Å²) in [6, 6.07) is 0. The van der Waals surface area contributed by atoms with Gasteiger partial charge in [0.1, 0.15) is 10.7 Å². The van der Waals surface area contributed by atoms with Gasteiger partial charge >= 0.3 is 5.97 Å². The van der Waals surface area contributed by atoms with Crippen molar-refractivity contribution in [3.05, 3.63) is 39.2 Å². The number of aliphatic imine (C=N–C) groups is 1. The van der Waals surface area contributed by atoms with Crippen LogP contribution in [-0.4, -0.2) is 56.5 Å². The molecule has 0 unspecified atom stereocenters. The molecule has 192 valence electrons. The van der Waals surface area contributed by atoms with Crippen molar-refractivity contribution in [2.75, 3.05) is 24.2 Å². The first-order valence-electron chi connectivity index (χ1n) is 12.1. The van der Waals surface area contributed by atoms with Gasteiger partial charge in [-0.25, -0.2) is 9.79 Å². The first-order chi connectivity index (χ1) is 17.2. The van der Waals surface area contributed by atoms with E-state index in [9.17, 15) is 14.4 Å². The smallest absolute Gasteiger partial charge is 0.341 e. The Hall–Kier alpha value is -2.92. The standard InChI is InChI=1S/C25H31N5O4S2/c1-6-30-23(32)18(11-16-12-29(5)28-15(16)4)26-25(30)35-13-20(31)27-22-21(24(33)34-7-2)17-9-8-14(3)10-19(17)36-22/h11-12,14H,6-10,13H2,1-5H3,(H,27,31)/b18-11+/t14-/m1/s1. The fourth-order valence-electron chi connectivity index (χ4n) is 4.38. The van der Waals surface area contributed by atoms with Crippen molar-refractivity contribution < 1.29 is 19.1 Å². The molecular weight excluding hydrogens is 498 g/mol. The minimum Gasteiger partial charge on any atom is -0.462 e. The monoisotopic (exact) mass is 529 g/mol. The number of aryl methyl sites for hydroxylation is 2. The number of anilines is 1. The van der Waals surface area contributed by atoms with Gasteiger partial charge in [-0.15, -0.1) is 11.3 Å². The number of amidine groups is 1. The quantitative estimate of drug-likeness (QED) is 0.429. The van der Waals surface area contributed by atoms with Crippen molar-refractivity contribution in [2.24, 2.45) is 18.0 Å². The van der Waals surface area contributed by atoms with Crippen LogP contribution in [0.15, 0.2) is 16.9 Å². The maximum absolute atomic E-state index is 12.9. The largest absolute Gasteiger partial charge is 0.462 e. The molecule has 0 saturated heterocycles. The van der Waals surface area contributed by atoms with Crippen LogP contribution in [0.1, 0.15) is 59.2 Å². The van der Waals surface area contributed by atoms with Crippen molar-refractivity contribution in [3.8, 4) is 0 Å². The summed E-state index contributed by atoms with van der Waals surface area (Å²) < 4.78 is 6.98. The van der Waals surface area contributed by atoms with E-state index < -0.39 is 5.97 Å². The van der Waals surface area contributed by atoms with E-state index in [2.05, 4.69) is 22.3 Å². The van der Waals surface area contributed by atoms with Crippen molar-refractivity contribution in [2.45, 2.75) is 47.0 Å². The van der Waals surface area contributed by atoms with E-state index in [1.165, 1.54) is 23.1 Å². The van der Waals surface area contributed by atoms with Crippen LogP contribution in [0.25, 0.3) is 6.08 Å². The number of likely N-dealkylation sites (N-methyl/N-ethyl adjacent to an activating group) is 1. The van der Waals surface area contributed by atoms with Gasteiger partial charge in [0.2, 0.25) is 5.91 Å². The zero-order valence-electron chi connectivity index (χ0n) is 21.2. The minimum atomic E-state index is -0.393. The number of aromatic nitrogens is 2. The summed E-state index contributed by atoms with van der Waals surface area (Å²) >= 11 is 2.66. The highest BCUT2D eigenvalue weighted by Crippen LogP contribution is 2.40. The van der Waals surface area contributed by atoms with Crippen molar-refractivity contribution >= 4 is 57.1 Å². The van der Waals surface area contributed by atoms with Crippen LogP contribution >= 0.6 is 23.1 Å². The molecule has 36 heavy (non-hydrogen) atoms. The van der Waals surface area contributed by atoms with E-state index in [4.69, 9.17) is 4.74 Å². The van der Waals surface area contributed by atoms with Gasteiger partial charge in [0.25, 0.3) is 5.91 Å². The molecule has 0 bridgehead atoms. The number of hydrogen-bond acceptors (Lipinski definition) is 8. The highest BCUT2D eigenvalue weighted by Gasteiger charge is 2.31. The molecule has 11 heteroatoms. The summed E-state index contributed by atoms with van der Waals surface area (Å²) in [5.74, 6) is -0.252. The predicted molar refractivity (Wildman–Crippen MR) is 143 cm³/mol. The minimum absolute atomic E-state index is 0.0586. The number of fused-ring (bicyclic) bond motifs is 1. The summed E-state index contributed by atoms with van der Waals surface area (Å²) in [5.41, 5.74) is 3.44. The number of rotatable bonds is 7. The van der Waals surface area contributed by atoms with Gasteiger partial charge < -0.3 is 10.1 Å². The predicted octanol–water partition coefficient (Wildman–Crippen LogP) is 4.02. The zero-order valence-corrected chi connectivity index (χ0v) is 22.8. The molecule has 9 nitrogen and oxygen atoms in total. The molecule has 4 rings (SSSR count). The molecule has 1 N–H and O–H groups in total. The number of esters is 1. The number of nitrogens with one attached hydrogen (secondary N) is 1. The average Bonchev–Trinajstić information content (AvgIpc) is 3.44. The highest BCUT2D eigenvalue weighted by atomic mass is 32.2. The zero-order chi connectivity index (χ0) is 26.0. The lowest BCUT2D eigenvalue weighted by Gasteiger charge is -2.18. The van der Waals surface area contributed by atoms with Gasteiger partial charge in [0.15, 0.2) is 5.17 Å². The van der Waals surface area contributed by atoms with E-state index in [0.717, 1.165) is 41.0 Å². The van der Waals surface area contributed by atoms with E-state index in [-0.39, 0.29) is 24.2 Å². The number of ether oxygens (including phenoxy) is 1. The van der Waals surface area contributed by atoms with Gasteiger partial charge in [-0.3, -0.25) is 19.2 Å². The SMILES string of the molecule is CCOC(=O)c1c(NC(=O)CSC2=N/C(=C/c3cn(C)nc3C)C(=O)N2CC)sc2c1CC[C@@H](C)C2. The second-order valence-corrected chi connectivity index (χ2v) is 11.0. The Morgan fingerprint density at radius 2 is 2.14 bits per heavy atom. The molecule has 2 amide bonds. The Kier molecular flexibility index (Phi) is 7.99. The molecule has 2 aliphatic rings. The summed E-state index contributed by atoms with van der Waals surface area (Å²) in [6.07, 6.45) is 6.27. The first kappa shape index (κ1) is 26.2. The molecule has 1 aliphatic heterocycles. The molecule has 1 atom stereocenters. The number of hydrogen-bond donors (Lipinski definition) is 1. The number of nitrogens with zero attached hydrogens (tertiary/aromatic N) is 4. The van der Waals surface area contributed by atoms with Crippen LogP contribution in [0.2, 0.25) is 0 Å². The summed E-state index contributed by atoms with van der Waals surface area (Å²) in [7, 11) is 1.82. The fourth-order valence-corrected chi connectivity index (χ4v) is 6.66. The maximum Gasteiger partial charge on any atom is 0.341 e. The number of thioether (sulfide) groups is 1. The number of carbonyl (C=O) groups excluding carboxylic acids is 3. The van der Waals surface area contributed by atoms with Crippen LogP contribution < -0.4 is 5.32 Å². The summed E-state index contributed by atoms with van der Waals surface area (Å²) in [5, 5.41) is 8.25. The summed E-state index contributed by atoms with van der Waals surface area (Å²) in [6.45, 7) is 8.44. The third-order valence-electron chi connectivity index (χ3n) is 6.15. The van der Waals surface area contributed by atoms with Crippen LogP contribution in [0.4, 0.5) is 5.00 Å². The first-order valence-corrected chi connectivity index (χ1v) is 13.9. The lowest BCUT2D eigenvalue weighted by atomic mass is 9.88. The van der Waals surface area contributed by atoms with E-state index in [1.54, 1.807) is 22.6 Å². The van der Waals surface area contributed by atoms with Crippen LogP contribution in [0.5, 0.6) is 0 Å². The fraction of sp³-hybridized carbons (Fsp3) is 0.480. The number of amides is 2. The van der Waals surface area contributed by atoms with Crippen LogP contribution in [0.3, 0.4) is 0 Å². The summed E-state index contributed by atoms with van der Waals surface area (Å²) in [4.78, 5) is 45.7. The number of carbonyl (C=O) groups is 3. The Morgan fingerprint density at radius 1 is 1.36 bits per heavy atom. The van der Waals surface area contributed by atoms with Gasteiger partial charge in [0.05, 0.1) is 23.6 Å². The molecule has 0 radical (unpaired) electrons. The second kappa shape index (κ2) is 11.0. The van der Waals surface area contributed by atoms with E-state index in [0.29, 0.717) is 33.9 Å². The van der Waals surface area contributed by atoms with Gasteiger partial charge in [-0.05, 0) is 57.6 Å². The Bertz CT molecular complexity index is 1260. The molecule has 2 aromatic heterocycles. The van der Waals surface area contributed by atoms with E-state index in [1.807, 2.05) is 27.1 Å². The van der Waals surface area contributed by atoms with Crippen LogP contribution in [-0.2, 0) is 34.2 Å².